The molecule has 1 unspecified atom stereocenters. The van der Waals surface area contributed by atoms with Gasteiger partial charge in [-0.05, 0) is 6.92 Å². The highest BCUT2D eigenvalue weighted by molar-refractivity contribution is 7.13. The van der Waals surface area contributed by atoms with Crippen LogP contribution in [0.15, 0.2) is 5.38 Å². The fraction of sp³-hybridized carbons (Fsp3) is 0.583. The molecule has 7 heteroatoms. The van der Waals surface area contributed by atoms with E-state index in [-0.39, 0.29) is 5.91 Å². The first kappa shape index (κ1) is 13.8. The van der Waals surface area contributed by atoms with Crippen LogP contribution in [0.5, 0.6) is 0 Å². The van der Waals surface area contributed by atoms with Gasteiger partial charge in [0.2, 0.25) is 5.91 Å². The molecule has 0 spiro atoms. The summed E-state index contributed by atoms with van der Waals surface area (Å²) in [7, 11) is 1.92. The first-order valence-electron chi connectivity index (χ1n) is 6.25. The van der Waals surface area contributed by atoms with E-state index in [1.54, 1.807) is 5.38 Å². The van der Waals surface area contributed by atoms with Crippen molar-refractivity contribution in [1.82, 2.24) is 9.88 Å². The molecule has 0 bridgehead atoms. The normalized spacial score (nSPS) is 18.9. The highest BCUT2D eigenvalue weighted by Gasteiger charge is 2.29. The van der Waals surface area contributed by atoms with Gasteiger partial charge in [-0.3, -0.25) is 9.59 Å². The van der Waals surface area contributed by atoms with Crippen molar-refractivity contribution in [2.45, 2.75) is 13.3 Å². The van der Waals surface area contributed by atoms with Crippen molar-refractivity contribution in [2.24, 2.45) is 11.7 Å². The number of carbonyl (C=O) groups is 2. The van der Waals surface area contributed by atoms with Gasteiger partial charge in [0, 0.05) is 44.4 Å². The van der Waals surface area contributed by atoms with Crippen LogP contribution >= 0.6 is 11.3 Å². The molecule has 1 aromatic heterocycles. The molecule has 1 atom stereocenters. The Morgan fingerprint density at radius 3 is 2.95 bits per heavy atom. The Balaban J connectivity index is 1.95. The number of aromatic nitrogens is 1. The molecule has 0 aliphatic carbocycles. The molecule has 0 saturated carbocycles. The molecule has 1 aromatic rings. The van der Waals surface area contributed by atoms with E-state index >= 15 is 0 Å². The molecule has 0 aromatic carbocycles. The van der Waals surface area contributed by atoms with Gasteiger partial charge in [-0.1, -0.05) is 0 Å². The second kappa shape index (κ2) is 5.56. The molecule has 1 fully saturated rings. The van der Waals surface area contributed by atoms with Gasteiger partial charge in [0.25, 0.3) is 5.91 Å². The Labute approximate surface area is 116 Å². The van der Waals surface area contributed by atoms with E-state index in [0.29, 0.717) is 18.0 Å². The summed E-state index contributed by atoms with van der Waals surface area (Å²) >= 11 is 1.39. The van der Waals surface area contributed by atoms with E-state index in [1.807, 2.05) is 23.8 Å². The van der Waals surface area contributed by atoms with Crippen LogP contribution < -0.4 is 10.6 Å². The number of hydrogen-bond acceptors (Lipinski definition) is 5. The third-order valence-corrected chi connectivity index (χ3v) is 4.23. The Hall–Kier alpha value is -1.63. The SMILES string of the molecule is CCN1CC(CN(C)c2nc(C(N)=O)cs2)CC1=O. The van der Waals surface area contributed by atoms with Crippen molar-refractivity contribution in [2.75, 3.05) is 31.6 Å². The maximum absolute atomic E-state index is 11.7. The van der Waals surface area contributed by atoms with Crippen molar-refractivity contribution in [1.29, 1.82) is 0 Å². The lowest BCUT2D eigenvalue weighted by Gasteiger charge is -2.20. The molecule has 1 saturated heterocycles. The zero-order valence-corrected chi connectivity index (χ0v) is 11.9. The summed E-state index contributed by atoms with van der Waals surface area (Å²) in [6.45, 7) is 4.31. The molecule has 2 rings (SSSR count). The molecule has 2 amide bonds. The van der Waals surface area contributed by atoms with Crippen LogP contribution in [0.4, 0.5) is 5.13 Å². The molecule has 1 aliphatic heterocycles. The average Bonchev–Trinajstić information content (AvgIpc) is 2.95. The maximum atomic E-state index is 11.7. The quantitative estimate of drug-likeness (QED) is 0.855. The van der Waals surface area contributed by atoms with E-state index < -0.39 is 5.91 Å². The second-order valence-electron chi connectivity index (χ2n) is 4.76. The lowest BCUT2D eigenvalue weighted by atomic mass is 10.1. The zero-order chi connectivity index (χ0) is 14.0. The number of carbonyl (C=O) groups excluding carboxylic acids is 2. The summed E-state index contributed by atoms with van der Waals surface area (Å²) in [6.07, 6.45) is 0.590. The van der Waals surface area contributed by atoms with Gasteiger partial charge in [0.05, 0.1) is 0 Å². The van der Waals surface area contributed by atoms with Gasteiger partial charge in [0.15, 0.2) is 5.13 Å². The summed E-state index contributed by atoms with van der Waals surface area (Å²) in [5.74, 6) is 0.0281. The third-order valence-electron chi connectivity index (χ3n) is 3.28. The average molecular weight is 282 g/mol. The zero-order valence-electron chi connectivity index (χ0n) is 11.1. The smallest absolute Gasteiger partial charge is 0.268 e. The van der Waals surface area contributed by atoms with Gasteiger partial charge in [0.1, 0.15) is 5.69 Å². The molecular formula is C12H18N4O2S. The molecule has 2 heterocycles. The van der Waals surface area contributed by atoms with Gasteiger partial charge in [-0.25, -0.2) is 4.98 Å². The summed E-state index contributed by atoms with van der Waals surface area (Å²) in [6, 6.07) is 0. The predicted octanol–water partition coefficient (Wildman–Crippen LogP) is 0.547. The summed E-state index contributed by atoms with van der Waals surface area (Å²) in [5.41, 5.74) is 5.48. The third kappa shape index (κ3) is 3.04. The Morgan fingerprint density at radius 1 is 1.68 bits per heavy atom. The van der Waals surface area contributed by atoms with E-state index in [0.717, 1.165) is 24.8 Å². The van der Waals surface area contributed by atoms with Crippen LogP contribution in [0, 0.1) is 5.92 Å². The van der Waals surface area contributed by atoms with E-state index in [2.05, 4.69) is 4.98 Å². The predicted molar refractivity (Wildman–Crippen MR) is 74.3 cm³/mol. The van der Waals surface area contributed by atoms with Crippen molar-refractivity contribution >= 4 is 28.3 Å². The number of nitrogens with two attached hydrogens (primary N) is 1. The van der Waals surface area contributed by atoms with E-state index in [9.17, 15) is 9.59 Å². The number of hydrogen-bond donors (Lipinski definition) is 1. The largest absolute Gasteiger partial charge is 0.364 e. The van der Waals surface area contributed by atoms with E-state index in [1.165, 1.54) is 11.3 Å². The van der Waals surface area contributed by atoms with Crippen LogP contribution in [0.2, 0.25) is 0 Å². The minimum absolute atomic E-state index is 0.220. The van der Waals surface area contributed by atoms with Gasteiger partial charge in [-0.15, -0.1) is 11.3 Å². The van der Waals surface area contributed by atoms with Crippen LogP contribution in [0.3, 0.4) is 0 Å². The van der Waals surface area contributed by atoms with Crippen LogP contribution in [0.25, 0.3) is 0 Å². The summed E-state index contributed by atoms with van der Waals surface area (Å²) in [5, 5.41) is 2.42. The second-order valence-corrected chi connectivity index (χ2v) is 5.60. The number of nitrogens with zero attached hydrogens (tertiary/aromatic N) is 3. The topological polar surface area (TPSA) is 79.5 Å². The molecule has 19 heavy (non-hydrogen) atoms. The number of likely N-dealkylation sites (tertiary alicyclic amines) is 1. The highest BCUT2D eigenvalue weighted by Crippen LogP contribution is 2.23. The fourth-order valence-corrected chi connectivity index (χ4v) is 3.09. The van der Waals surface area contributed by atoms with Crippen molar-refractivity contribution in [3.05, 3.63) is 11.1 Å². The lowest BCUT2D eigenvalue weighted by Crippen LogP contribution is -2.28. The minimum Gasteiger partial charge on any atom is -0.364 e. The molecule has 0 radical (unpaired) electrons. The van der Waals surface area contributed by atoms with Crippen molar-refractivity contribution < 1.29 is 9.59 Å². The number of rotatable bonds is 5. The monoisotopic (exact) mass is 282 g/mol. The van der Waals surface area contributed by atoms with E-state index in [4.69, 9.17) is 5.73 Å². The number of primary amides is 1. The number of amides is 2. The van der Waals surface area contributed by atoms with Gasteiger partial charge >= 0.3 is 0 Å². The standard InChI is InChI=1S/C12H18N4O2S/c1-3-16-6-8(4-10(16)17)5-15(2)12-14-9(7-19-12)11(13)18/h7-8H,3-6H2,1-2H3,(H2,13,18). The summed E-state index contributed by atoms with van der Waals surface area (Å²) < 4.78 is 0. The first-order valence-corrected chi connectivity index (χ1v) is 7.13. The van der Waals surface area contributed by atoms with Crippen molar-refractivity contribution in [3.8, 4) is 0 Å². The minimum atomic E-state index is -0.510. The molecule has 2 N–H and O–H groups in total. The van der Waals surface area contributed by atoms with Crippen LogP contribution in [-0.2, 0) is 4.79 Å². The Kier molecular flexibility index (Phi) is 4.04. The molecule has 6 nitrogen and oxygen atoms in total. The fourth-order valence-electron chi connectivity index (χ4n) is 2.30. The van der Waals surface area contributed by atoms with Crippen molar-refractivity contribution in [3.63, 3.8) is 0 Å². The maximum Gasteiger partial charge on any atom is 0.268 e. The van der Waals surface area contributed by atoms with Gasteiger partial charge < -0.3 is 15.5 Å². The highest BCUT2D eigenvalue weighted by atomic mass is 32.1. The first-order chi connectivity index (χ1) is 9.01. The van der Waals surface area contributed by atoms with Crippen LogP contribution in [0.1, 0.15) is 23.8 Å². The van der Waals surface area contributed by atoms with Crippen LogP contribution in [-0.4, -0.2) is 48.4 Å². The molecule has 1 aliphatic rings. The van der Waals surface area contributed by atoms with Gasteiger partial charge in [-0.2, -0.15) is 0 Å². The lowest BCUT2D eigenvalue weighted by molar-refractivity contribution is -0.127. The summed E-state index contributed by atoms with van der Waals surface area (Å²) in [4.78, 5) is 30.7. The molecule has 104 valence electrons. The number of anilines is 1. The number of thiazole rings is 1. The Bertz CT molecular complexity index is 488. The molecular weight excluding hydrogens is 264 g/mol. The Morgan fingerprint density at radius 2 is 2.42 bits per heavy atom.